The molecule has 0 saturated carbocycles. The SMILES string of the molecule is Cc1ccc(CCOC(=O)Cc2c(C)noc2C)cc1. The molecule has 0 bridgehead atoms. The zero-order valence-electron chi connectivity index (χ0n) is 12.1. The van der Waals surface area contributed by atoms with Gasteiger partial charge in [0, 0.05) is 12.0 Å². The fraction of sp³-hybridized carbons (Fsp3) is 0.375. The van der Waals surface area contributed by atoms with Crippen LogP contribution in [0.25, 0.3) is 0 Å². The van der Waals surface area contributed by atoms with Crippen LogP contribution in [-0.2, 0) is 22.4 Å². The van der Waals surface area contributed by atoms with Gasteiger partial charge in [-0.3, -0.25) is 4.79 Å². The van der Waals surface area contributed by atoms with Crippen LogP contribution in [0, 0.1) is 20.8 Å². The minimum Gasteiger partial charge on any atom is -0.465 e. The number of benzene rings is 1. The van der Waals surface area contributed by atoms with Crippen molar-refractivity contribution in [2.24, 2.45) is 0 Å². The highest BCUT2D eigenvalue weighted by molar-refractivity contribution is 5.73. The van der Waals surface area contributed by atoms with Crippen LogP contribution in [0.15, 0.2) is 28.8 Å². The summed E-state index contributed by atoms with van der Waals surface area (Å²) in [6.07, 6.45) is 0.947. The molecule has 0 atom stereocenters. The van der Waals surface area contributed by atoms with E-state index in [1.807, 2.05) is 13.8 Å². The number of carbonyl (C=O) groups excluding carboxylic acids is 1. The van der Waals surface area contributed by atoms with Crippen molar-refractivity contribution in [1.82, 2.24) is 5.16 Å². The molecule has 1 aromatic heterocycles. The number of aromatic nitrogens is 1. The van der Waals surface area contributed by atoms with E-state index < -0.39 is 0 Å². The number of carbonyl (C=O) groups is 1. The van der Waals surface area contributed by atoms with Gasteiger partial charge in [-0.25, -0.2) is 0 Å². The molecule has 0 N–H and O–H groups in total. The van der Waals surface area contributed by atoms with Gasteiger partial charge < -0.3 is 9.26 Å². The Hall–Kier alpha value is -2.10. The molecular formula is C16H19NO3. The molecule has 106 valence electrons. The second kappa shape index (κ2) is 6.37. The van der Waals surface area contributed by atoms with Crippen molar-refractivity contribution < 1.29 is 14.1 Å². The number of rotatable bonds is 5. The first-order valence-electron chi connectivity index (χ1n) is 6.69. The van der Waals surface area contributed by atoms with Crippen molar-refractivity contribution in [2.45, 2.75) is 33.6 Å². The van der Waals surface area contributed by atoms with E-state index in [2.05, 4.69) is 29.4 Å². The van der Waals surface area contributed by atoms with Crippen LogP contribution in [0.4, 0.5) is 0 Å². The maximum Gasteiger partial charge on any atom is 0.310 e. The minimum absolute atomic E-state index is 0.217. The van der Waals surface area contributed by atoms with E-state index >= 15 is 0 Å². The average Bonchev–Trinajstić information content (AvgIpc) is 2.73. The van der Waals surface area contributed by atoms with Gasteiger partial charge in [-0.05, 0) is 26.3 Å². The van der Waals surface area contributed by atoms with E-state index in [1.165, 1.54) is 11.1 Å². The van der Waals surface area contributed by atoms with Gasteiger partial charge in [0.2, 0.25) is 0 Å². The van der Waals surface area contributed by atoms with Crippen LogP contribution in [-0.4, -0.2) is 17.7 Å². The predicted octanol–water partition coefficient (Wildman–Crippen LogP) is 2.93. The highest BCUT2D eigenvalue weighted by Crippen LogP contribution is 2.13. The van der Waals surface area contributed by atoms with Crippen LogP contribution in [0.2, 0.25) is 0 Å². The lowest BCUT2D eigenvalue weighted by atomic mass is 10.1. The monoisotopic (exact) mass is 273 g/mol. The maximum atomic E-state index is 11.8. The van der Waals surface area contributed by atoms with Crippen LogP contribution in [0.1, 0.15) is 28.1 Å². The first-order chi connectivity index (χ1) is 9.56. The molecule has 2 rings (SSSR count). The topological polar surface area (TPSA) is 52.3 Å². The summed E-state index contributed by atoms with van der Waals surface area (Å²) in [7, 11) is 0. The molecule has 4 nitrogen and oxygen atoms in total. The van der Waals surface area contributed by atoms with Gasteiger partial charge in [0.1, 0.15) is 5.76 Å². The second-order valence-corrected chi connectivity index (χ2v) is 4.94. The fourth-order valence-electron chi connectivity index (χ4n) is 1.99. The molecule has 0 aliphatic heterocycles. The van der Waals surface area contributed by atoms with Crippen molar-refractivity contribution in [1.29, 1.82) is 0 Å². The van der Waals surface area contributed by atoms with Crippen molar-refractivity contribution in [3.63, 3.8) is 0 Å². The zero-order chi connectivity index (χ0) is 14.5. The lowest BCUT2D eigenvalue weighted by molar-refractivity contribution is -0.142. The number of hydrogen-bond donors (Lipinski definition) is 0. The van der Waals surface area contributed by atoms with E-state index in [0.29, 0.717) is 12.4 Å². The molecule has 0 amide bonds. The van der Waals surface area contributed by atoms with Crippen LogP contribution < -0.4 is 0 Å². The summed E-state index contributed by atoms with van der Waals surface area (Å²) in [4.78, 5) is 11.8. The molecular weight excluding hydrogens is 254 g/mol. The molecule has 0 aliphatic rings. The summed E-state index contributed by atoms with van der Waals surface area (Å²) in [5.74, 6) is 0.435. The lowest BCUT2D eigenvalue weighted by Crippen LogP contribution is -2.11. The van der Waals surface area contributed by atoms with E-state index in [4.69, 9.17) is 9.26 Å². The molecule has 0 fully saturated rings. The first-order valence-corrected chi connectivity index (χ1v) is 6.69. The minimum atomic E-state index is -0.244. The Kier molecular flexibility index (Phi) is 4.56. The van der Waals surface area contributed by atoms with Gasteiger partial charge >= 0.3 is 5.97 Å². The van der Waals surface area contributed by atoms with Crippen molar-refractivity contribution in [3.8, 4) is 0 Å². The normalized spacial score (nSPS) is 10.6. The Bertz CT molecular complexity index is 565. The molecule has 20 heavy (non-hydrogen) atoms. The summed E-state index contributed by atoms with van der Waals surface area (Å²) >= 11 is 0. The van der Waals surface area contributed by atoms with Crippen molar-refractivity contribution in [2.75, 3.05) is 6.61 Å². The van der Waals surface area contributed by atoms with Crippen LogP contribution in [0.3, 0.4) is 0 Å². The quantitative estimate of drug-likeness (QED) is 0.786. The Labute approximate surface area is 118 Å². The highest BCUT2D eigenvalue weighted by Gasteiger charge is 2.14. The third-order valence-corrected chi connectivity index (χ3v) is 3.28. The third-order valence-electron chi connectivity index (χ3n) is 3.28. The average molecular weight is 273 g/mol. The molecule has 4 heteroatoms. The molecule has 0 aliphatic carbocycles. The fourth-order valence-corrected chi connectivity index (χ4v) is 1.99. The number of nitrogens with zero attached hydrogens (tertiary/aromatic N) is 1. The number of ether oxygens (including phenoxy) is 1. The Balaban J connectivity index is 1.80. The van der Waals surface area contributed by atoms with E-state index in [0.717, 1.165) is 17.7 Å². The first kappa shape index (κ1) is 14.3. The summed E-state index contributed by atoms with van der Waals surface area (Å²) < 4.78 is 10.3. The Morgan fingerprint density at radius 3 is 2.50 bits per heavy atom. The van der Waals surface area contributed by atoms with Gasteiger partial charge in [0.25, 0.3) is 0 Å². The van der Waals surface area contributed by atoms with Crippen LogP contribution >= 0.6 is 0 Å². The zero-order valence-corrected chi connectivity index (χ0v) is 12.1. The molecule has 0 spiro atoms. The van der Waals surface area contributed by atoms with Crippen molar-refractivity contribution >= 4 is 5.97 Å². The highest BCUT2D eigenvalue weighted by atomic mass is 16.5. The van der Waals surface area contributed by atoms with Gasteiger partial charge in [0.05, 0.1) is 18.7 Å². The number of esters is 1. The Morgan fingerprint density at radius 1 is 1.20 bits per heavy atom. The summed E-state index contributed by atoms with van der Waals surface area (Å²) in [6.45, 7) is 6.07. The lowest BCUT2D eigenvalue weighted by Gasteiger charge is -2.05. The maximum absolute atomic E-state index is 11.8. The smallest absolute Gasteiger partial charge is 0.310 e. The standard InChI is InChI=1S/C16H19NO3/c1-11-4-6-14(7-5-11)8-9-19-16(18)10-15-12(2)17-20-13(15)3/h4-7H,8-10H2,1-3H3. The Morgan fingerprint density at radius 2 is 1.90 bits per heavy atom. The van der Waals surface area contributed by atoms with Crippen LogP contribution in [0.5, 0.6) is 0 Å². The summed E-state index contributed by atoms with van der Waals surface area (Å²) in [5.41, 5.74) is 3.97. The van der Waals surface area contributed by atoms with E-state index in [9.17, 15) is 4.79 Å². The van der Waals surface area contributed by atoms with E-state index in [1.54, 1.807) is 6.92 Å². The number of hydrogen-bond acceptors (Lipinski definition) is 4. The molecule has 0 radical (unpaired) electrons. The number of aryl methyl sites for hydroxylation is 3. The molecule has 1 heterocycles. The van der Waals surface area contributed by atoms with Gasteiger partial charge in [-0.2, -0.15) is 0 Å². The molecule has 0 unspecified atom stereocenters. The third kappa shape index (κ3) is 3.70. The summed E-state index contributed by atoms with van der Waals surface area (Å²) in [5, 5.41) is 3.82. The van der Waals surface area contributed by atoms with Gasteiger partial charge in [-0.15, -0.1) is 0 Å². The van der Waals surface area contributed by atoms with Gasteiger partial charge in [-0.1, -0.05) is 35.0 Å². The molecule has 2 aromatic rings. The van der Waals surface area contributed by atoms with Crippen molar-refractivity contribution in [3.05, 3.63) is 52.4 Å². The second-order valence-electron chi connectivity index (χ2n) is 4.94. The molecule has 0 saturated heterocycles. The largest absolute Gasteiger partial charge is 0.465 e. The summed E-state index contributed by atoms with van der Waals surface area (Å²) in [6, 6.07) is 8.22. The van der Waals surface area contributed by atoms with Gasteiger partial charge in [0.15, 0.2) is 0 Å². The predicted molar refractivity (Wildman–Crippen MR) is 75.5 cm³/mol. The molecule has 1 aromatic carbocycles. The van der Waals surface area contributed by atoms with E-state index in [-0.39, 0.29) is 12.4 Å².